The van der Waals surface area contributed by atoms with E-state index < -0.39 is 0 Å². The maximum absolute atomic E-state index is 5.62. The van der Waals surface area contributed by atoms with Crippen LogP contribution in [-0.2, 0) is 13.0 Å². The third-order valence-electron chi connectivity index (χ3n) is 3.50. The minimum absolute atomic E-state index is 0.699. The van der Waals surface area contributed by atoms with E-state index in [1.165, 1.54) is 16.8 Å². The van der Waals surface area contributed by atoms with Crippen molar-refractivity contribution in [2.45, 2.75) is 26.8 Å². The number of rotatable bonds is 6. The third kappa shape index (κ3) is 3.58. The number of benzene rings is 1. The molecule has 1 aromatic heterocycles. The van der Waals surface area contributed by atoms with Gasteiger partial charge in [-0.25, -0.2) is 0 Å². The second-order valence-electron chi connectivity index (χ2n) is 4.99. The molecule has 0 radical (unpaired) electrons. The van der Waals surface area contributed by atoms with Crippen molar-refractivity contribution < 1.29 is 0 Å². The molecule has 2 rings (SSSR count). The van der Waals surface area contributed by atoms with Crippen molar-refractivity contribution in [1.29, 1.82) is 0 Å². The van der Waals surface area contributed by atoms with Crippen LogP contribution in [0.3, 0.4) is 0 Å². The van der Waals surface area contributed by atoms with Crippen LogP contribution in [0.1, 0.15) is 23.7 Å². The highest BCUT2D eigenvalue weighted by molar-refractivity contribution is 5.54. The fourth-order valence-corrected chi connectivity index (χ4v) is 2.45. The molecule has 0 saturated heterocycles. The van der Waals surface area contributed by atoms with E-state index in [4.69, 9.17) is 5.73 Å². The van der Waals surface area contributed by atoms with E-state index in [9.17, 15) is 0 Å². The molecule has 0 aliphatic carbocycles. The highest BCUT2D eigenvalue weighted by Crippen LogP contribution is 2.22. The molecule has 20 heavy (non-hydrogen) atoms. The standard InChI is InChI=1S/C17H23N3/c1-3-20(13-16-6-4-5-11-19-16)17-8-7-15(9-10-18)12-14(17)2/h4-8,11-12H,3,9-10,13,18H2,1-2H3. The molecule has 0 unspecified atom stereocenters. The van der Waals surface area contributed by atoms with Gasteiger partial charge in [0.05, 0.1) is 12.2 Å². The Morgan fingerprint density at radius 2 is 2.05 bits per heavy atom. The van der Waals surface area contributed by atoms with Gasteiger partial charge in [-0.3, -0.25) is 4.98 Å². The summed E-state index contributed by atoms with van der Waals surface area (Å²) in [5, 5.41) is 0. The number of anilines is 1. The van der Waals surface area contributed by atoms with Crippen LogP contribution in [0.2, 0.25) is 0 Å². The van der Waals surface area contributed by atoms with Crippen molar-refractivity contribution in [3.05, 3.63) is 59.4 Å². The molecule has 0 aliphatic rings. The zero-order chi connectivity index (χ0) is 14.4. The Hall–Kier alpha value is -1.87. The Morgan fingerprint density at radius 3 is 2.65 bits per heavy atom. The first-order chi connectivity index (χ1) is 9.74. The summed E-state index contributed by atoms with van der Waals surface area (Å²) >= 11 is 0. The lowest BCUT2D eigenvalue weighted by molar-refractivity contribution is 0.805. The lowest BCUT2D eigenvalue weighted by atomic mass is 10.1. The largest absolute Gasteiger partial charge is 0.366 e. The quantitative estimate of drug-likeness (QED) is 0.876. The molecule has 0 spiro atoms. The first-order valence-corrected chi connectivity index (χ1v) is 7.19. The third-order valence-corrected chi connectivity index (χ3v) is 3.50. The van der Waals surface area contributed by atoms with Crippen LogP contribution in [-0.4, -0.2) is 18.1 Å². The van der Waals surface area contributed by atoms with Gasteiger partial charge in [-0.1, -0.05) is 18.2 Å². The van der Waals surface area contributed by atoms with Gasteiger partial charge in [0.1, 0.15) is 0 Å². The molecular formula is C17H23N3. The summed E-state index contributed by atoms with van der Waals surface area (Å²) in [6.07, 6.45) is 2.79. The molecule has 0 saturated carbocycles. The van der Waals surface area contributed by atoms with Crippen LogP contribution in [0.5, 0.6) is 0 Å². The molecule has 0 amide bonds. The topological polar surface area (TPSA) is 42.2 Å². The molecular weight excluding hydrogens is 246 g/mol. The maximum Gasteiger partial charge on any atom is 0.0601 e. The van der Waals surface area contributed by atoms with Gasteiger partial charge in [0.2, 0.25) is 0 Å². The van der Waals surface area contributed by atoms with Gasteiger partial charge in [0.15, 0.2) is 0 Å². The Labute approximate surface area is 121 Å². The summed E-state index contributed by atoms with van der Waals surface area (Å²) in [7, 11) is 0. The average Bonchev–Trinajstić information content (AvgIpc) is 2.47. The minimum atomic E-state index is 0.699. The number of hydrogen-bond donors (Lipinski definition) is 1. The molecule has 3 heteroatoms. The monoisotopic (exact) mass is 269 g/mol. The van der Waals surface area contributed by atoms with Crippen LogP contribution in [0.25, 0.3) is 0 Å². The second-order valence-corrected chi connectivity index (χ2v) is 4.99. The van der Waals surface area contributed by atoms with Crippen LogP contribution in [0.15, 0.2) is 42.6 Å². The van der Waals surface area contributed by atoms with Crippen molar-refractivity contribution in [2.75, 3.05) is 18.0 Å². The van der Waals surface area contributed by atoms with E-state index in [1.54, 1.807) is 0 Å². The first kappa shape index (κ1) is 14.5. The second kappa shape index (κ2) is 7.06. The molecule has 3 nitrogen and oxygen atoms in total. The van der Waals surface area contributed by atoms with Gasteiger partial charge in [0.25, 0.3) is 0 Å². The van der Waals surface area contributed by atoms with E-state index >= 15 is 0 Å². The zero-order valence-corrected chi connectivity index (χ0v) is 12.3. The van der Waals surface area contributed by atoms with E-state index in [1.807, 2.05) is 18.3 Å². The smallest absolute Gasteiger partial charge is 0.0601 e. The molecule has 0 aliphatic heterocycles. The van der Waals surface area contributed by atoms with E-state index in [0.717, 1.165) is 25.2 Å². The molecule has 0 fully saturated rings. The Kier molecular flexibility index (Phi) is 5.13. The van der Waals surface area contributed by atoms with Gasteiger partial charge >= 0.3 is 0 Å². The van der Waals surface area contributed by atoms with Gasteiger partial charge in [-0.05, 0) is 56.1 Å². The number of pyridine rings is 1. The molecule has 0 bridgehead atoms. The lowest BCUT2D eigenvalue weighted by Gasteiger charge is -2.25. The van der Waals surface area contributed by atoms with Crippen molar-refractivity contribution in [3.63, 3.8) is 0 Å². The number of aryl methyl sites for hydroxylation is 1. The van der Waals surface area contributed by atoms with Gasteiger partial charge in [-0.15, -0.1) is 0 Å². The summed E-state index contributed by atoms with van der Waals surface area (Å²) in [6.45, 7) is 6.85. The van der Waals surface area contributed by atoms with Crippen LogP contribution in [0.4, 0.5) is 5.69 Å². The summed E-state index contributed by atoms with van der Waals surface area (Å²) in [4.78, 5) is 6.76. The molecule has 106 valence electrons. The van der Waals surface area contributed by atoms with E-state index in [-0.39, 0.29) is 0 Å². The Morgan fingerprint density at radius 1 is 1.20 bits per heavy atom. The van der Waals surface area contributed by atoms with E-state index in [0.29, 0.717) is 6.54 Å². The fraction of sp³-hybridized carbons (Fsp3) is 0.353. The van der Waals surface area contributed by atoms with Crippen molar-refractivity contribution in [2.24, 2.45) is 5.73 Å². The van der Waals surface area contributed by atoms with Gasteiger partial charge in [0, 0.05) is 18.4 Å². The predicted octanol–water partition coefficient (Wildman–Crippen LogP) is 2.92. The van der Waals surface area contributed by atoms with Gasteiger partial charge in [-0.2, -0.15) is 0 Å². The van der Waals surface area contributed by atoms with Crippen molar-refractivity contribution in [1.82, 2.24) is 4.98 Å². The molecule has 2 N–H and O–H groups in total. The highest BCUT2D eigenvalue weighted by Gasteiger charge is 2.09. The maximum atomic E-state index is 5.62. The van der Waals surface area contributed by atoms with Crippen LogP contribution >= 0.6 is 0 Å². The zero-order valence-electron chi connectivity index (χ0n) is 12.3. The number of nitrogens with zero attached hydrogens (tertiary/aromatic N) is 2. The molecule has 2 aromatic rings. The average molecular weight is 269 g/mol. The fourth-order valence-electron chi connectivity index (χ4n) is 2.45. The first-order valence-electron chi connectivity index (χ1n) is 7.19. The van der Waals surface area contributed by atoms with Crippen molar-refractivity contribution in [3.8, 4) is 0 Å². The van der Waals surface area contributed by atoms with Gasteiger partial charge < -0.3 is 10.6 Å². The summed E-state index contributed by atoms with van der Waals surface area (Å²) < 4.78 is 0. The minimum Gasteiger partial charge on any atom is -0.366 e. The predicted molar refractivity (Wildman–Crippen MR) is 84.9 cm³/mol. The number of aromatic nitrogens is 1. The molecule has 1 heterocycles. The van der Waals surface area contributed by atoms with Crippen LogP contribution in [0, 0.1) is 6.92 Å². The summed E-state index contributed by atoms with van der Waals surface area (Å²) in [5.74, 6) is 0. The summed E-state index contributed by atoms with van der Waals surface area (Å²) in [6, 6.07) is 12.7. The molecule has 1 aromatic carbocycles. The normalized spacial score (nSPS) is 10.6. The number of hydrogen-bond acceptors (Lipinski definition) is 3. The molecule has 0 atom stereocenters. The number of nitrogens with two attached hydrogens (primary N) is 1. The SMILES string of the molecule is CCN(Cc1ccccn1)c1ccc(CCN)cc1C. The lowest BCUT2D eigenvalue weighted by Crippen LogP contribution is -2.23. The van der Waals surface area contributed by atoms with E-state index in [2.05, 4.69) is 48.0 Å². The Balaban J connectivity index is 2.19. The highest BCUT2D eigenvalue weighted by atomic mass is 15.1. The van der Waals surface area contributed by atoms with Crippen LogP contribution < -0.4 is 10.6 Å². The Bertz CT molecular complexity index is 537. The van der Waals surface area contributed by atoms with Crippen molar-refractivity contribution >= 4 is 5.69 Å². The summed E-state index contributed by atoms with van der Waals surface area (Å²) in [5.41, 5.74) is 10.6.